The Kier molecular flexibility index (Phi) is 6.90. The lowest BCUT2D eigenvalue weighted by atomic mass is 10.1. The van der Waals surface area contributed by atoms with Crippen LogP contribution in [0.3, 0.4) is 0 Å². The predicted molar refractivity (Wildman–Crippen MR) is 107 cm³/mol. The van der Waals surface area contributed by atoms with Gasteiger partial charge in [-0.05, 0) is 48.7 Å². The van der Waals surface area contributed by atoms with Crippen molar-refractivity contribution in [2.45, 2.75) is 24.7 Å². The monoisotopic (exact) mass is 407 g/mol. The van der Waals surface area contributed by atoms with E-state index in [4.69, 9.17) is 14.2 Å². The van der Waals surface area contributed by atoms with Crippen molar-refractivity contribution in [2.24, 2.45) is 0 Å². The van der Waals surface area contributed by atoms with Crippen molar-refractivity contribution < 1.29 is 27.4 Å². The second-order valence-corrected chi connectivity index (χ2v) is 8.35. The minimum absolute atomic E-state index is 0.165. The number of amides is 1. The lowest BCUT2D eigenvalue weighted by Crippen LogP contribution is -2.14. The number of rotatable bonds is 8. The van der Waals surface area contributed by atoms with Crippen molar-refractivity contribution >= 4 is 21.4 Å². The number of carbonyl (C=O) groups excluding carboxylic acids is 1. The van der Waals surface area contributed by atoms with Gasteiger partial charge in [0.05, 0.1) is 26.2 Å². The number of anilines is 1. The highest BCUT2D eigenvalue weighted by atomic mass is 32.2. The van der Waals surface area contributed by atoms with Crippen molar-refractivity contribution in [3.63, 3.8) is 0 Å². The van der Waals surface area contributed by atoms with E-state index < -0.39 is 9.84 Å². The number of ether oxygens (including phenoxy) is 3. The molecule has 152 valence electrons. The Morgan fingerprint density at radius 3 is 2.11 bits per heavy atom. The molecule has 0 saturated carbocycles. The number of carbonyl (C=O) groups is 1. The molecule has 0 fully saturated rings. The minimum atomic E-state index is -3.35. The van der Waals surface area contributed by atoms with Crippen molar-refractivity contribution in [2.75, 3.05) is 32.9 Å². The molecule has 0 radical (unpaired) electrons. The first-order chi connectivity index (χ1) is 13.2. The SMILES string of the molecule is COc1cc(CCC(=O)Nc2cc(S(C)(=O)=O)ccc2C)cc(OC)c1OC. The van der Waals surface area contributed by atoms with Crippen LogP contribution in [0.15, 0.2) is 35.2 Å². The molecule has 2 aromatic rings. The average molecular weight is 407 g/mol. The van der Waals surface area contributed by atoms with E-state index in [1.165, 1.54) is 33.5 Å². The van der Waals surface area contributed by atoms with Crippen LogP contribution in [0.4, 0.5) is 5.69 Å². The summed E-state index contributed by atoms with van der Waals surface area (Å²) in [6.45, 7) is 1.81. The molecular formula is C20H25NO6S. The van der Waals surface area contributed by atoms with Gasteiger partial charge in [0.2, 0.25) is 11.7 Å². The van der Waals surface area contributed by atoms with E-state index >= 15 is 0 Å². The predicted octanol–water partition coefficient (Wildman–Crippen LogP) is 3.00. The van der Waals surface area contributed by atoms with Crippen LogP contribution >= 0.6 is 0 Å². The van der Waals surface area contributed by atoms with E-state index in [-0.39, 0.29) is 17.2 Å². The second kappa shape index (κ2) is 8.97. The molecule has 2 aromatic carbocycles. The Labute approximate surface area is 165 Å². The van der Waals surface area contributed by atoms with Crippen LogP contribution in [-0.2, 0) is 21.1 Å². The minimum Gasteiger partial charge on any atom is -0.493 e. The van der Waals surface area contributed by atoms with Crippen LogP contribution < -0.4 is 19.5 Å². The lowest BCUT2D eigenvalue weighted by molar-refractivity contribution is -0.116. The van der Waals surface area contributed by atoms with Crippen molar-refractivity contribution in [1.82, 2.24) is 0 Å². The number of benzene rings is 2. The molecule has 0 aromatic heterocycles. The Hall–Kier alpha value is -2.74. The third-order valence-corrected chi connectivity index (χ3v) is 5.39. The van der Waals surface area contributed by atoms with Gasteiger partial charge in [-0.2, -0.15) is 0 Å². The highest BCUT2D eigenvalue weighted by molar-refractivity contribution is 7.90. The highest BCUT2D eigenvalue weighted by Gasteiger charge is 2.15. The van der Waals surface area contributed by atoms with Gasteiger partial charge < -0.3 is 19.5 Å². The van der Waals surface area contributed by atoms with Crippen molar-refractivity contribution in [1.29, 1.82) is 0 Å². The molecule has 0 saturated heterocycles. The molecule has 1 amide bonds. The number of hydrogen-bond donors (Lipinski definition) is 1. The van der Waals surface area contributed by atoms with E-state index in [1.54, 1.807) is 25.1 Å². The topological polar surface area (TPSA) is 90.9 Å². The third-order valence-electron chi connectivity index (χ3n) is 4.28. The molecule has 7 nitrogen and oxygen atoms in total. The lowest BCUT2D eigenvalue weighted by Gasteiger charge is -2.14. The first kappa shape index (κ1) is 21.6. The Balaban J connectivity index is 2.13. The smallest absolute Gasteiger partial charge is 0.224 e. The molecule has 2 rings (SSSR count). The molecule has 0 unspecified atom stereocenters. The quantitative estimate of drug-likeness (QED) is 0.723. The molecule has 0 aliphatic rings. The maximum absolute atomic E-state index is 12.4. The zero-order valence-electron chi connectivity index (χ0n) is 16.7. The first-order valence-electron chi connectivity index (χ1n) is 8.59. The maximum Gasteiger partial charge on any atom is 0.224 e. The summed E-state index contributed by atoms with van der Waals surface area (Å²) in [6, 6.07) is 8.26. The van der Waals surface area contributed by atoms with E-state index in [1.807, 2.05) is 0 Å². The van der Waals surface area contributed by atoms with Gasteiger partial charge >= 0.3 is 0 Å². The number of nitrogens with one attached hydrogen (secondary N) is 1. The summed E-state index contributed by atoms with van der Waals surface area (Å²) in [5.41, 5.74) is 2.12. The second-order valence-electron chi connectivity index (χ2n) is 6.33. The van der Waals surface area contributed by atoms with Gasteiger partial charge in [0.1, 0.15) is 0 Å². The zero-order valence-corrected chi connectivity index (χ0v) is 17.5. The van der Waals surface area contributed by atoms with Gasteiger partial charge in [0, 0.05) is 18.4 Å². The van der Waals surface area contributed by atoms with Gasteiger partial charge in [-0.1, -0.05) is 6.07 Å². The number of methoxy groups -OCH3 is 3. The van der Waals surface area contributed by atoms with E-state index in [0.717, 1.165) is 17.4 Å². The first-order valence-corrected chi connectivity index (χ1v) is 10.5. The molecule has 0 spiro atoms. The molecule has 1 N–H and O–H groups in total. The Bertz CT molecular complexity index is 944. The van der Waals surface area contributed by atoms with Crippen molar-refractivity contribution in [3.8, 4) is 17.2 Å². The van der Waals surface area contributed by atoms with Crippen LogP contribution in [0.1, 0.15) is 17.5 Å². The third kappa shape index (κ3) is 5.16. The molecule has 28 heavy (non-hydrogen) atoms. The van der Waals surface area contributed by atoms with Crippen LogP contribution in [0.2, 0.25) is 0 Å². The molecule has 0 aliphatic heterocycles. The molecule has 0 heterocycles. The summed E-state index contributed by atoms with van der Waals surface area (Å²) >= 11 is 0. The maximum atomic E-state index is 12.4. The highest BCUT2D eigenvalue weighted by Crippen LogP contribution is 2.38. The average Bonchev–Trinajstić information content (AvgIpc) is 2.66. The standard InChI is InChI=1S/C20H25NO6S/c1-13-6-8-15(28(5,23)24)12-16(13)21-19(22)9-7-14-10-17(25-2)20(27-4)18(11-14)26-3/h6,8,10-12H,7,9H2,1-5H3,(H,21,22). The Morgan fingerprint density at radius 1 is 1.00 bits per heavy atom. The summed E-state index contributed by atoms with van der Waals surface area (Å²) in [6.07, 6.45) is 1.79. The van der Waals surface area contributed by atoms with Gasteiger partial charge in [-0.25, -0.2) is 8.42 Å². The van der Waals surface area contributed by atoms with E-state index in [2.05, 4.69) is 5.32 Å². The number of aryl methyl sites for hydroxylation is 2. The van der Waals surface area contributed by atoms with E-state index in [9.17, 15) is 13.2 Å². The summed E-state index contributed by atoms with van der Waals surface area (Å²) in [4.78, 5) is 12.5. The fourth-order valence-electron chi connectivity index (χ4n) is 2.72. The molecule has 0 aliphatic carbocycles. The van der Waals surface area contributed by atoms with Gasteiger partial charge in [0.25, 0.3) is 0 Å². The molecule has 8 heteroatoms. The number of sulfone groups is 1. The van der Waals surface area contributed by atoms with E-state index in [0.29, 0.717) is 29.4 Å². The molecule has 0 atom stereocenters. The van der Waals surface area contributed by atoms with Crippen LogP contribution in [-0.4, -0.2) is 41.9 Å². The normalized spacial score (nSPS) is 11.0. The van der Waals surface area contributed by atoms with Crippen LogP contribution in [0.5, 0.6) is 17.2 Å². The largest absolute Gasteiger partial charge is 0.493 e. The molecule has 0 bridgehead atoms. The molecular weight excluding hydrogens is 382 g/mol. The van der Waals surface area contributed by atoms with Crippen LogP contribution in [0.25, 0.3) is 0 Å². The summed E-state index contributed by atoms with van der Waals surface area (Å²) in [7, 11) is 1.25. The fourth-order valence-corrected chi connectivity index (χ4v) is 3.36. The summed E-state index contributed by atoms with van der Waals surface area (Å²) < 4.78 is 39.4. The van der Waals surface area contributed by atoms with Gasteiger partial charge in [0.15, 0.2) is 21.3 Å². The zero-order chi connectivity index (χ0) is 20.9. The van der Waals surface area contributed by atoms with Crippen molar-refractivity contribution in [3.05, 3.63) is 41.5 Å². The van der Waals surface area contributed by atoms with Gasteiger partial charge in [-0.15, -0.1) is 0 Å². The van der Waals surface area contributed by atoms with Gasteiger partial charge in [-0.3, -0.25) is 4.79 Å². The summed E-state index contributed by atoms with van der Waals surface area (Å²) in [5, 5.41) is 2.78. The number of hydrogen-bond acceptors (Lipinski definition) is 6. The Morgan fingerprint density at radius 2 is 1.61 bits per heavy atom. The van der Waals surface area contributed by atoms with Crippen LogP contribution in [0, 0.1) is 6.92 Å². The fraction of sp³-hybridized carbons (Fsp3) is 0.350. The summed E-state index contributed by atoms with van der Waals surface area (Å²) in [5.74, 6) is 1.32.